The van der Waals surface area contributed by atoms with Crippen LogP contribution < -0.4 is 10.6 Å². The number of aromatic amines is 1. The van der Waals surface area contributed by atoms with Crippen molar-refractivity contribution in [1.29, 1.82) is 0 Å². The smallest absolute Gasteiger partial charge is 0.274 e. The standard InChI is InChI=1S/C22H17FN4O2/c23-15-8-9-18(27-22(29)19-7-3-4-10-24-19)20(12-15)26-21(28)11-14-13-25-17-6-2-1-5-16(14)17/h1-10,12-13,25H,11H2,(H,26,28)(H,27,29). The van der Waals surface area contributed by atoms with Crippen molar-refractivity contribution in [2.75, 3.05) is 10.6 Å². The Hall–Kier alpha value is -4.00. The first-order valence-electron chi connectivity index (χ1n) is 8.97. The minimum absolute atomic E-state index is 0.105. The fraction of sp³-hybridized carbons (Fsp3) is 0.0455. The Kier molecular flexibility index (Phi) is 5.03. The molecule has 2 aromatic heterocycles. The summed E-state index contributed by atoms with van der Waals surface area (Å²) in [7, 11) is 0. The Morgan fingerprint density at radius 3 is 2.62 bits per heavy atom. The second kappa shape index (κ2) is 7.93. The number of para-hydroxylation sites is 1. The highest BCUT2D eigenvalue weighted by Gasteiger charge is 2.14. The fourth-order valence-corrected chi connectivity index (χ4v) is 3.06. The Balaban J connectivity index is 1.52. The van der Waals surface area contributed by atoms with Gasteiger partial charge in [-0.2, -0.15) is 0 Å². The summed E-state index contributed by atoms with van der Waals surface area (Å²) in [4.78, 5) is 32.0. The first-order chi connectivity index (χ1) is 14.1. The third-order valence-electron chi connectivity index (χ3n) is 4.43. The van der Waals surface area contributed by atoms with E-state index in [1.165, 1.54) is 24.4 Å². The molecule has 2 amide bonds. The molecule has 0 aliphatic carbocycles. The zero-order valence-electron chi connectivity index (χ0n) is 15.3. The Labute approximate surface area is 165 Å². The largest absolute Gasteiger partial charge is 0.361 e. The van der Waals surface area contributed by atoms with Crippen LogP contribution in [0, 0.1) is 5.82 Å². The maximum Gasteiger partial charge on any atom is 0.274 e. The van der Waals surface area contributed by atoms with E-state index in [2.05, 4.69) is 20.6 Å². The van der Waals surface area contributed by atoms with Gasteiger partial charge >= 0.3 is 0 Å². The molecule has 0 aliphatic heterocycles. The normalized spacial score (nSPS) is 10.7. The lowest BCUT2D eigenvalue weighted by molar-refractivity contribution is -0.115. The molecular weight excluding hydrogens is 371 g/mol. The fourth-order valence-electron chi connectivity index (χ4n) is 3.06. The Bertz CT molecular complexity index is 1190. The van der Waals surface area contributed by atoms with Gasteiger partial charge < -0.3 is 15.6 Å². The van der Waals surface area contributed by atoms with Crippen LogP contribution in [0.15, 0.2) is 73.1 Å². The first-order valence-corrected chi connectivity index (χ1v) is 8.97. The number of hydrogen-bond acceptors (Lipinski definition) is 3. The summed E-state index contributed by atoms with van der Waals surface area (Å²) in [5.74, 6) is -1.30. The lowest BCUT2D eigenvalue weighted by atomic mass is 10.1. The molecule has 2 aromatic carbocycles. The molecule has 29 heavy (non-hydrogen) atoms. The van der Waals surface area contributed by atoms with Gasteiger partial charge in [0.1, 0.15) is 11.5 Å². The summed E-state index contributed by atoms with van der Waals surface area (Å²) in [6.45, 7) is 0. The number of aromatic nitrogens is 2. The topological polar surface area (TPSA) is 86.9 Å². The molecule has 0 fully saturated rings. The maximum atomic E-state index is 13.8. The minimum Gasteiger partial charge on any atom is -0.361 e. The number of benzene rings is 2. The summed E-state index contributed by atoms with van der Waals surface area (Å²) in [5.41, 5.74) is 2.44. The molecule has 4 rings (SSSR count). The summed E-state index contributed by atoms with van der Waals surface area (Å²) in [5, 5.41) is 6.29. The molecule has 6 nitrogen and oxygen atoms in total. The Morgan fingerprint density at radius 2 is 1.79 bits per heavy atom. The number of H-pyrrole nitrogens is 1. The van der Waals surface area contributed by atoms with E-state index in [9.17, 15) is 14.0 Å². The molecule has 0 saturated heterocycles. The SMILES string of the molecule is O=C(Cc1c[nH]c2ccccc12)Nc1cc(F)ccc1NC(=O)c1ccccn1. The molecule has 0 unspecified atom stereocenters. The minimum atomic E-state index is -0.525. The molecular formula is C22H17FN4O2. The van der Waals surface area contributed by atoms with E-state index in [4.69, 9.17) is 0 Å². The number of amides is 2. The van der Waals surface area contributed by atoms with Crippen LogP contribution in [0.5, 0.6) is 0 Å². The van der Waals surface area contributed by atoms with E-state index in [1.54, 1.807) is 24.4 Å². The maximum absolute atomic E-state index is 13.8. The highest BCUT2D eigenvalue weighted by Crippen LogP contribution is 2.24. The average molecular weight is 388 g/mol. The van der Waals surface area contributed by atoms with E-state index in [1.807, 2.05) is 24.3 Å². The first kappa shape index (κ1) is 18.4. The molecule has 0 aliphatic rings. The van der Waals surface area contributed by atoms with Crippen LogP contribution in [0.3, 0.4) is 0 Å². The van der Waals surface area contributed by atoms with Crippen molar-refractivity contribution in [3.05, 3.63) is 90.1 Å². The predicted molar refractivity (Wildman–Crippen MR) is 109 cm³/mol. The molecule has 0 atom stereocenters. The van der Waals surface area contributed by atoms with Crippen molar-refractivity contribution in [3.63, 3.8) is 0 Å². The third kappa shape index (κ3) is 4.14. The lowest BCUT2D eigenvalue weighted by Crippen LogP contribution is -2.18. The zero-order chi connectivity index (χ0) is 20.2. The van der Waals surface area contributed by atoms with Crippen molar-refractivity contribution in [2.45, 2.75) is 6.42 Å². The monoisotopic (exact) mass is 388 g/mol. The molecule has 0 spiro atoms. The van der Waals surface area contributed by atoms with E-state index in [0.717, 1.165) is 16.5 Å². The number of halogens is 1. The van der Waals surface area contributed by atoms with Crippen molar-refractivity contribution in [2.24, 2.45) is 0 Å². The van der Waals surface area contributed by atoms with Crippen LogP contribution in [0.4, 0.5) is 15.8 Å². The summed E-state index contributed by atoms with van der Waals surface area (Å²) in [6.07, 6.45) is 3.39. The van der Waals surface area contributed by atoms with Crippen molar-refractivity contribution in [1.82, 2.24) is 9.97 Å². The zero-order valence-corrected chi connectivity index (χ0v) is 15.3. The van der Waals surface area contributed by atoms with Crippen LogP contribution in [-0.4, -0.2) is 21.8 Å². The summed E-state index contributed by atoms with van der Waals surface area (Å²) < 4.78 is 13.8. The predicted octanol–water partition coefficient (Wildman–Crippen LogP) is 4.14. The van der Waals surface area contributed by atoms with Gasteiger partial charge in [0.15, 0.2) is 0 Å². The highest BCUT2D eigenvalue weighted by molar-refractivity contribution is 6.06. The van der Waals surface area contributed by atoms with Gasteiger partial charge in [-0.1, -0.05) is 24.3 Å². The van der Waals surface area contributed by atoms with Crippen LogP contribution >= 0.6 is 0 Å². The van der Waals surface area contributed by atoms with E-state index >= 15 is 0 Å². The number of nitrogens with one attached hydrogen (secondary N) is 3. The molecule has 0 radical (unpaired) electrons. The molecule has 2 heterocycles. The van der Waals surface area contributed by atoms with Gasteiger partial charge in [-0.3, -0.25) is 14.6 Å². The number of nitrogens with zero attached hydrogens (tertiary/aromatic N) is 1. The molecule has 4 aromatic rings. The molecule has 0 saturated carbocycles. The van der Waals surface area contributed by atoms with E-state index in [0.29, 0.717) is 0 Å². The van der Waals surface area contributed by atoms with Crippen LogP contribution in [0.25, 0.3) is 10.9 Å². The summed E-state index contributed by atoms with van der Waals surface area (Å²) >= 11 is 0. The molecule has 3 N–H and O–H groups in total. The molecule has 144 valence electrons. The van der Waals surface area contributed by atoms with Crippen LogP contribution in [0.1, 0.15) is 16.1 Å². The number of pyridine rings is 1. The third-order valence-corrected chi connectivity index (χ3v) is 4.43. The van der Waals surface area contributed by atoms with Gasteiger partial charge in [0.25, 0.3) is 5.91 Å². The number of carbonyl (C=O) groups is 2. The Morgan fingerprint density at radius 1 is 0.966 bits per heavy atom. The van der Waals surface area contributed by atoms with Gasteiger partial charge in [-0.25, -0.2) is 4.39 Å². The second-order valence-electron chi connectivity index (χ2n) is 6.44. The van der Waals surface area contributed by atoms with Crippen molar-refractivity contribution < 1.29 is 14.0 Å². The number of hydrogen-bond donors (Lipinski definition) is 3. The van der Waals surface area contributed by atoms with Gasteiger partial charge in [0, 0.05) is 23.3 Å². The molecule has 7 heteroatoms. The van der Waals surface area contributed by atoms with E-state index in [-0.39, 0.29) is 29.4 Å². The number of rotatable bonds is 5. The van der Waals surface area contributed by atoms with Crippen LogP contribution in [-0.2, 0) is 11.2 Å². The quantitative estimate of drug-likeness (QED) is 0.480. The molecule has 0 bridgehead atoms. The van der Waals surface area contributed by atoms with Crippen molar-refractivity contribution in [3.8, 4) is 0 Å². The van der Waals surface area contributed by atoms with Gasteiger partial charge in [0.2, 0.25) is 5.91 Å². The number of fused-ring (bicyclic) bond motifs is 1. The van der Waals surface area contributed by atoms with E-state index < -0.39 is 11.7 Å². The lowest BCUT2D eigenvalue weighted by Gasteiger charge is -2.12. The average Bonchev–Trinajstić information content (AvgIpc) is 3.13. The van der Waals surface area contributed by atoms with Crippen molar-refractivity contribution >= 4 is 34.1 Å². The van der Waals surface area contributed by atoms with Gasteiger partial charge in [0.05, 0.1) is 17.8 Å². The highest BCUT2D eigenvalue weighted by atomic mass is 19.1. The van der Waals surface area contributed by atoms with Gasteiger partial charge in [-0.15, -0.1) is 0 Å². The number of anilines is 2. The summed E-state index contributed by atoms with van der Waals surface area (Å²) in [6, 6.07) is 16.4. The van der Waals surface area contributed by atoms with Crippen LogP contribution in [0.2, 0.25) is 0 Å². The second-order valence-corrected chi connectivity index (χ2v) is 6.44. The number of carbonyl (C=O) groups excluding carboxylic acids is 2. The van der Waals surface area contributed by atoms with Gasteiger partial charge in [-0.05, 0) is 42.0 Å².